The van der Waals surface area contributed by atoms with Crippen molar-refractivity contribution in [2.45, 2.75) is 45.8 Å². The van der Waals surface area contributed by atoms with Gasteiger partial charge in [0.05, 0.1) is 0 Å². The van der Waals surface area contributed by atoms with Crippen molar-refractivity contribution in [2.75, 3.05) is 4.90 Å². The van der Waals surface area contributed by atoms with Crippen molar-refractivity contribution < 1.29 is 19.1 Å². The van der Waals surface area contributed by atoms with Crippen molar-refractivity contribution in [1.29, 1.82) is 0 Å². The monoisotopic (exact) mass is 522 g/mol. The molecule has 0 aliphatic heterocycles. The van der Waals surface area contributed by atoms with Gasteiger partial charge < -0.3 is 14.8 Å². The Morgan fingerprint density at radius 3 is 2.35 bits per heavy atom. The average Bonchev–Trinajstić information content (AvgIpc) is 3.46. The summed E-state index contributed by atoms with van der Waals surface area (Å²) in [6.45, 7) is 7.06. The summed E-state index contributed by atoms with van der Waals surface area (Å²) < 4.78 is 5.54. The predicted octanol–water partition coefficient (Wildman–Crippen LogP) is 4.29. The normalized spacial score (nSPS) is 12.2. The number of hydrogen-bond donors (Lipinski definition) is 2. The van der Waals surface area contributed by atoms with Gasteiger partial charge in [-0.25, -0.2) is 0 Å². The molecule has 10 nitrogen and oxygen atoms in total. The second-order valence-corrected chi connectivity index (χ2v) is 9.96. The molecule has 4 rings (SSSR count). The molecular formula is C26H27ClN6O4. The number of phenolic OH excluding ortho intramolecular Hbond substituents is 1. The second kappa shape index (κ2) is 10.4. The Morgan fingerprint density at radius 1 is 1.08 bits per heavy atom. The third kappa shape index (κ3) is 6.34. The lowest BCUT2D eigenvalue weighted by Gasteiger charge is -2.33. The fourth-order valence-corrected chi connectivity index (χ4v) is 3.84. The lowest BCUT2D eigenvalue weighted by Crippen LogP contribution is -2.50. The van der Waals surface area contributed by atoms with E-state index < -0.39 is 23.4 Å². The van der Waals surface area contributed by atoms with Crippen LogP contribution in [0, 0.1) is 6.92 Å². The number of benzene rings is 2. The van der Waals surface area contributed by atoms with Crippen LogP contribution in [0.15, 0.2) is 65.1 Å². The van der Waals surface area contributed by atoms with Gasteiger partial charge in [0.1, 0.15) is 24.1 Å². The summed E-state index contributed by atoms with van der Waals surface area (Å²) >= 11 is 6.10. The summed E-state index contributed by atoms with van der Waals surface area (Å²) in [5, 5.41) is 25.5. The number of aryl methyl sites for hydroxylation is 1. The number of anilines is 1. The second-order valence-electron chi connectivity index (χ2n) is 9.53. The first-order valence-electron chi connectivity index (χ1n) is 11.5. The van der Waals surface area contributed by atoms with Gasteiger partial charge in [-0.05, 0) is 87.0 Å². The number of phenols is 1. The Morgan fingerprint density at radius 2 is 1.76 bits per heavy atom. The number of aromatic hydroxyl groups is 1. The minimum atomic E-state index is -1.07. The number of carbonyl (C=O) groups is 2. The fourth-order valence-electron chi connectivity index (χ4n) is 3.71. The average molecular weight is 523 g/mol. The van der Waals surface area contributed by atoms with Crippen molar-refractivity contribution in [3.8, 4) is 17.3 Å². The van der Waals surface area contributed by atoms with Crippen LogP contribution in [-0.4, -0.2) is 42.7 Å². The summed E-state index contributed by atoms with van der Waals surface area (Å²) in [5.41, 5.74) is 0.379. The Bertz CT molecular complexity index is 1390. The predicted molar refractivity (Wildman–Crippen MR) is 138 cm³/mol. The molecule has 0 radical (unpaired) electrons. The Labute approximate surface area is 218 Å². The highest BCUT2D eigenvalue weighted by atomic mass is 35.5. The minimum Gasteiger partial charge on any atom is -0.508 e. The van der Waals surface area contributed by atoms with Crippen LogP contribution < -0.4 is 10.2 Å². The molecule has 2 N–H and O–H groups in total. The van der Waals surface area contributed by atoms with Crippen LogP contribution in [0.3, 0.4) is 0 Å². The molecule has 0 aliphatic rings. The Hall–Kier alpha value is -4.18. The molecule has 2 amide bonds. The molecular weight excluding hydrogens is 496 g/mol. The zero-order chi connectivity index (χ0) is 26.7. The van der Waals surface area contributed by atoms with E-state index in [1.807, 2.05) is 20.8 Å². The molecule has 0 fully saturated rings. The quantitative estimate of drug-likeness (QED) is 0.370. The molecule has 2 aromatic carbocycles. The highest BCUT2D eigenvalue weighted by Gasteiger charge is 2.35. The van der Waals surface area contributed by atoms with E-state index in [-0.39, 0.29) is 18.1 Å². The molecule has 2 aromatic heterocycles. The number of tetrazole rings is 1. The van der Waals surface area contributed by atoms with Crippen molar-refractivity contribution >= 4 is 29.1 Å². The fraction of sp³-hybridized carbons (Fsp3) is 0.269. The number of rotatable bonds is 7. The van der Waals surface area contributed by atoms with Gasteiger partial charge >= 0.3 is 0 Å². The van der Waals surface area contributed by atoms with Gasteiger partial charge in [0, 0.05) is 16.2 Å². The van der Waals surface area contributed by atoms with E-state index in [4.69, 9.17) is 16.0 Å². The number of aromatic nitrogens is 4. The first kappa shape index (κ1) is 25.9. The van der Waals surface area contributed by atoms with Gasteiger partial charge in [-0.2, -0.15) is 4.80 Å². The van der Waals surface area contributed by atoms with Crippen LogP contribution in [-0.2, 0) is 16.1 Å². The Balaban J connectivity index is 1.74. The van der Waals surface area contributed by atoms with Crippen molar-refractivity contribution in [3.05, 3.63) is 77.0 Å². The molecule has 2 heterocycles. The lowest BCUT2D eigenvalue weighted by atomic mass is 10.0. The molecule has 4 aromatic rings. The smallest absolute Gasteiger partial charge is 0.251 e. The van der Waals surface area contributed by atoms with E-state index in [1.54, 1.807) is 55.5 Å². The summed E-state index contributed by atoms with van der Waals surface area (Å²) in [4.78, 5) is 29.9. The van der Waals surface area contributed by atoms with Crippen LogP contribution >= 0.6 is 11.6 Å². The zero-order valence-corrected chi connectivity index (χ0v) is 21.6. The van der Waals surface area contributed by atoms with Crippen LogP contribution in [0.5, 0.6) is 5.75 Å². The summed E-state index contributed by atoms with van der Waals surface area (Å²) in [5.74, 6) is 0.522. The number of amides is 2. The number of furan rings is 1. The van der Waals surface area contributed by atoms with Gasteiger partial charge in [-0.15, -0.1) is 10.2 Å². The van der Waals surface area contributed by atoms with Crippen LogP contribution in [0.25, 0.3) is 11.6 Å². The molecule has 11 heteroatoms. The van der Waals surface area contributed by atoms with E-state index in [9.17, 15) is 14.7 Å². The molecule has 0 spiro atoms. The van der Waals surface area contributed by atoms with Crippen LogP contribution in [0.1, 0.15) is 38.1 Å². The molecule has 0 unspecified atom stereocenters. The molecule has 0 saturated carbocycles. The topological polar surface area (TPSA) is 126 Å². The maximum atomic E-state index is 13.8. The van der Waals surface area contributed by atoms with Crippen LogP contribution in [0.2, 0.25) is 5.02 Å². The van der Waals surface area contributed by atoms with Gasteiger partial charge in [0.2, 0.25) is 11.7 Å². The van der Waals surface area contributed by atoms with Gasteiger partial charge in [0.15, 0.2) is 5.76 Å². The van der Waals surface area contributed by atoms with Crippen molar-refractivity contribution in [2.24, 2.45) is 0 Å². The molecule has 192 valence electrons. The van der Waals surface area contributed by atoms with Gasteiger partial charge in [0.25, 0.3) is 5.91 Å². The minimum absolute atomic E-state index is 0.0376. The summed E-state index contributed by atoms with van der Waals surface area (Å²) in [6, 6.07) is 15.2. The van der Waals surface area contributed by atoms with Crippen molar-refractivity contribution in [1.82, 2.24) is 25.5 Å². The van der Waals surface area contributed by atoms with E-state index in [2.05, 4.69) is 20.7 Å². The first-order chi connectivity index (χ1) is 17.5. The van der Waals surface area contributed by atoms with E-state index in [1.165, 1.54) is 17.0 Å². The molecule has 1 atom stereocenters. The van der Waals surface area contributed by atoms with Crippen molar-refractivity contribution in [3.63, 3.8) is 0 Å². The standard InChI is InChI=1S/C26H27ClN6O4/c1-16-5-14-21(37-16)24-29-31-32(30-24)15-22(35)33(19-10-8-18(27)9-11-19)23(25(36)28-26(2,3)4)17-6-12-20(34)13-7-17/h5-14,23,34H,15H2,1-4H3,(H,28,36)/t23-/m0/s1. The number of halogens is 1. The third-order valence-electron chi connectivity index (χ3n) is 5.28. The highest BCUT2D eigenvalue weighted by Crippen LogP contribution is 2.31. The zero-order valence-electron chi connectivity index (χ0n) is 20.8. The molecule has 0 saturated heterocycles. The number of nitrogens with zero attached hydrogens (tertiary/aromatic N) is 5. The molecule has 0 aliphatic carbocycles. The van der Waals surface area contributed by atoms with Crippen LogP contribution in [0.4, 0.5) is 5.69 Å². The SMILES string of the molecule is Cc1ccc(-c2nnn(CC(=O)N(c3ccc(Cl)cc3)[C@H](C(=O)NC(C)(C)C)c3ccc(O)cc3)n2)o1. The van der Waals surface area contributed by atoms with E-state index >= 15 is 0 Å². The van der Waals surface area contributed by atoms with Gasteiger partial charge in [-0.3, -0.25) is 14.5 Å². The molecule has 37 heavy (non-hydrogen) atoms. The maximum Gasteiger partial charge on any atom is 0.251 e. The summed E-state index contributed by atoms with van der Waals surface area (Å²) in [7, 11) is 0. The highest BCUT2D eigenvalue weighted by molar-refractivity contribution is 6.30. The maximum absolute atomic E-state index is 13.8. The number of carbonyl (C=O) groups excluding carboxylic acids is 2. The van der Waals surface area contributed by atoms with E-state index in [0.29, 0.717) is 27.8 Å². The number of nitrogens with one attached hydrogen (secondary N) is 1. The first-order valence-corrected chi connectivity index (χ1v) is 11.9. The Kier molecular flexibility index (Phi) is 7.30. The van der Waals surface area contributed by atoms with Gasteiger partial charge in [-0.1, -0.05) is 23.7 Å². The summed E-state index contributed by atoms with van der Waals surface area (Å²) in [6.07, 6.45) is 0. The largest absolute Gasteiger partial charge is 0.508 e. The van der Waals surface area contributed by atoms with E-state index in [0.717, 1.165) is 4.80 Å². The molecule has 0 bridgehead atoms. The number of hydrogen-bond acceptors (Lipinski definition) is 7. The third-order valence-corrected chi connectivity index (χ3v) is 5.53. The lowest BCUT2D eigenvalue weighted by molar-refractivity contribution is -0.128.